The predicted octanol–water partition coefficient (Wildman–Crippen LogP) is 2.93. The molecule has 1 heterocycles. The molecule has 5 heteroatoms. The topological polar surface area (TPSA) is 71.1 Å². The second-order valence-electron chi connectivity index (χ2n) is 6.93. The van der Waals surface area contributed by atoms with Gasteiger partial charge in [-0.25, -0.2) is 0 Å². The van der Waals surface area contributed by atoms with Crippen molar-refractivity contribution in [1.29, 1.82) is 0 Å². The first kappa shape index (κ1) is 18.6. The molecule has 1 aromatic heterocycles. The van der Waals surface area contributed by atoms with Crippen LogP contribution in [-0.2, 0) is 5.41 Å². The van der Waals surface area contributed by atoms with E-state index in [1.807, 2.05) is 24.3 Å². The summed E-state index contributed by atoms with van der Waals surface area (Å²) in [5, 5.41) is 5.69. The zero-order chi connectivity index (χ0) is 18.3. The van der Waals surface area contributed by atoms with Crippen LogP contribution in [0.15, 0.2) is 48.8 Å². The van der Waals surface area contributed by atoms with Gasteiger partial charge >= 0.3 is 0 Å². The van der Waals surface area contributed by atoms with Crippen LogP contribution >= 0.6 is 0 Å². The monoisotopic (exact) mass is 339 g/mol. The number of nitrogens with zero attached hydrogens (tertiary/aromatic N) is 1. The van der Waals surface area contributed by atoms with Crippen molar-refractivity contribution in [2.45, 2.75) is 32.6 Å². The number of benzene rings is 1. The van der Waals surface area contributed by atoms with Gasteiger partial charge < -0.3 is 10.6 Å². The minimum atomic E-state index is -0.133. The summed E-state index contributed by atoms with van der Waals surface area (Å²) in [5.41, 5.74) is 2.50. The van der Waals surface area contributed by atoms with E-state index < -0.39 is 0 Å². The van der Waals surface area contributed by atoms with Crippen LogP contribution in [0.3, 0.4) is 0 Å². The summed E-state index contributed by atoms with van der Waals surface area (Å²) >= 11 is 0. The molecule has 0 aliphatic rings. The Morgan fingerprint density at radius 3 is 1.80 bits per heavy atom. The van der Waals surface area contributed by atoms with E-state index in [0.717, 1.165) is 0 Å². The molecule has 0 unspecified atom stereocenters. The SMILES string of the molecule is CC(C)(C)c1ccc(C(=O)NCCCNC(=O)c2ccncc2)cc1. The van der Waals surface area contributed by atoms with Gasteiger partial charge in [0.1, 0.15) is 0 Å². The number of aromatic nitrogens is 1. The zero-order valence-electron chi connectivity index (χ0n) is 15.0. The summed E-state index contributed by atoms with van der Waals surface area (Å²) in [4.78, 5) is 27.8. The number of nitrogens with one attached hydrogen (secondary N) is 2. The highest BCUT2D eigenvalue weighted by molar-refractivity contribution is 5.94. The average Bonchev–Trinajstić information content (AvgIpc) is 2.61. The van der Waals surface area contributed by atoms with Crippen LogP contribution < -0.4 is 10.6 Å². The highest BCUT2D eigenvalue weighted by atomic mass is 16.2. The van der Waals surface area contributed by atoms with Gasteiger partial charge in [-0.3, -0.25) is 14.6 Å². The van der Waals surface area contributed by atoms with Crippen molar-refractivity contribution >= 4 is 11.8 Å². The number of hydrogen-bond donors (Lipinski definition) is 2. The summed E-state index contributed by atoms with van der Waals surface area (Å²) in [6.45, 7) is 7.44. The van der Waals surface area contributed by atoms with Crippen molar-refractivity contribution < 1.29 is 9.59 Å². The Kier molecular flexibility index (Phi) is 6.28. The Balaban J connectivity index is 1.71. The molecule has 1 aromatic carbocycles. The number of hydrogen-bond acceptors (Lipinski definition) is 3. The number of rotatable bonds is 6. The Morgan fingerprint density at radius 1 is 0.840 bits per heavy atom. The molecule has 0 saturated heterocycles. The summed E-state index contributed by atoms with van der Waals surface area (Å²) < 4.78 is 0. The summed E-state index contributed by atoms with van der Waals surface area (Å²) in [5.74, 6) is -0.229. The summed E-state index contributed by atoms with van der Waals surface area (Å²) in [6, 6.07) is 11.0. The van der Waals surface area contributed by atoms with Gasteiger partial charge in [-0.2, -0.15) is 0 Å². The van der Waals surface area contributed by atoms with E-state index >= 15 is 0 Å². The average molecular weight is 339 g/mol. The van der Waals surface area contributed by atoms with Crippen molar-refractivity contribution in [3.63, 3.8) is 0 Å². The summed E-state index contributed by atoms with van der Waals surface area (Å²) in [6.07, 6.45) is 3.84. The zero-order valence-corrected chi connectivity index (χ0v) is 15.0. The molecule has 2 N–H and O–H groups in total. The van der Waals surface area contributed by atoms with E-state index in [-0.39, 0.29) is 17.2 Å². The van der Waals surface area contributed by atoms with Crippen LogP contribution in [0, 0.1) is 0 Å². The Hall–Kier alpha value is -2.69. The van der Waals surface area contributed by atoms with Crippen LogP contribution in [0.5, 0.6) is 0 Å². The molecule has 2 amide bonds. The van der Waals surface area contributed by atoms with Crippen LogP contribution in [0.4, 0.5) is 0 Å². The van der Waals surface area contributed by atoms with Gasteiger partial charge in [-0.1, -0.05) is 32.9 Å². The van der Waals surface area contributed by atoms with E-state index in [1.165, 1.54) is 5.56 Å². The van der Waals surface area contributed by atoms with Crippen molar-refractivity contribution in [3.05, 3.63) is 65.5 Å². The van der Waals surface area contributed by atoms with Crippen LogP contribution in [-0.4, -0.2) is 29.9 Å². The van der Waals surface area contributed by atoms with Gasteiger partial charge in [0.15, 0.2) is 0 Å². The van der Waals surface area contributed by atoms with Gasteiger partial charge in [0.2, 0.25) is 0 Å². The maximum absolute atomic E-state index is 12.1. The van der Waals surface area contributed by atoms with E-state index in [9.17, 15) is 9.59 Å². The maximum atomic E-state index is 12.1. The van der Waals surface area contributed by atoms with E-state index in [2.05, 4.69) is 36.4 Å². The third kappa shape index (κ3) is 5.71. The van der Waals surface area contributed by atoms with Crippen molar-refractivity contribution in [2.24, 2.45) is 0 Å². The Morgan fingerprint density at radius 2 is 1.32 bits per heavy atom. The lowest BCUT2D eigenvalue weighted by molar-refractivity contribution is 0.0951. The standard InChI is InChI=1S/C20H25N3O2/c1-20(2,3)17-7-5-15(6-8-17)18(24)22-11-4-12-23-19(25)16-9-13-21-14-10-16/h5-10,13-14H,4,11-12H2,1-3H3,(H,22,24)(H,23,25). The Bertz CT molecular complexity index is 704. The van der Waals surface area contributed by atoms with Crippen molar-refractivity contribution in [1.82, 2.24) is 15.6 Å². The smallest absolute Gasteiger partial charge is 0.251 e. The molecule has 0 atom stereocenters. The van der Waals surface area contributed by atoms with Crippen LogP contribution in [0.1, 0.15) is 53.5 Å². The first-order valence-corrected chi connectivity index (χ1v) is 8.45. The molecule has 132 valence electrons. The molecule has 0 fully saturated rings. The maximum Gasteiger partial charge on any atom is 0.251 e. The fourth-order valence-electron chi connectivity index (χ4n) is 2.32. The van der Waals surface area contributed by atoms with Crippen molar-refractivity contribution in [2.75, 3.05) is 13.1 Å². The quantitative estimate of drug-likeness (QED) is 0.795. The summed E-state index contributed by atoms with van der Waals surface area (Å²) in [7, 11) is 0. The number of amides is 2. The third-order valence-electron chi connectivity index (χ3n) is 3.88. The second-order valence-corrected chi connectivity index (χ2v) is 6.93. The molecule has 0 radical (unpaired) electrons. The highest BCUT2D eigenvalue weighted by Crippen LogP contribution is 2.22. The molecular weight excluding hydrogens is 314 g/mol. The second kappa shape index (κ2) is 8.42. The minimum absolute atomic E-state index is 0.0715. The highest BCUT2D eigenvalue weighted by Gasteiger charge is 2.14. The Labute approximate surface area is 148 Å². The fraction of sp³-hybridized carbons (Fsp3) is 0.350. The van der Waals surface area contributed by atoms with Crippen LogP contribution in [0.2, 0.25) is 0 Å². The molecule has 0 spiro atoms. The fourth-order valence-corrected chi connectivity index (χ4v) is 2.32. The number of carbonyl (C=O) groups is 2. The predicted molar refractivity (Wildman–Crippen MR) is 98.7 cm³/mol. The van der Waals surface area contributed by atoms with E-state index in [4.69, 9.17) is 0 Å². The van der Waals surface area contributed by atoms with Gasteiger partial charge in [-0.05, 0) is 41.7 Å². The molecule has 0 aliphatic carbocycles. The first-order valence-electron chi connectivity index (χ1n) is 8.45. The minimum Gasteiger partial charge on any atom is -0.352 e. The van der Waals surface area contributed by atoms with Gasteiger partial charge in [0.25, 0.3) is 11.8 Å². The number of pyridine rings is 1. The van der Waals surface area contributed by atoms with E-state index in [0.29, 0.717) is 30.6 Å². The molecule has 0 aliphatic heterocycles. The molecule has 2 aromatic rings. The molecule has 0 bridgehead atoms. The van der Waals surface area contributed by atoms with Gasteiger partial charge in [-0.15, -0.1) is 0 Å². The van der Waals surface area contributed by atoms with Crippen molar-refractivity contribution in [3.8, 4) is 0 Å². The lowest BCUT2D eigenvalue weighted by Gasteiger charge is -2.19. The van der Waals surface area contributed by atoms with Crippen LogP contribution in [0.25, 0.3) is 0 Å². The van der Waals surface area contributed by atoms with Gasteiger partial charge in [0.05, 0.1) is 0 Å². The lowest BCUT2D eigenvalue weighted by atomic mass is 9.87. The molecular formula is C20H25N3O2. The lowest BCUT2D eigenvalue weighted by Crippen LogP contribution is -2.30. The largest absolute Gasteiger partial charge is 0.352 e. The molecule has 5 nitrogen and oxygen atoms in total. The number of carbonyl (C=O) groups excluding carboxylic acids is 2. The van der Waals surface area contributed by atoms with E-state index in [1.54, 1.807) is 24.5 Å². The molecule has 2 rings (SSSR count). The molecule has 25 heavy (non-hydrogen) atoms. The third-order valence-corrected chi connectivity index (χ3v) is 3.88. The normalized spacial score (nSPS) is 11.0. The first-order chi connectivity index (χ1) is 11.9. The molecule has 0 saturated carbocycles. The van der Waals surface area contributed by atoms with Gasteiger partial charge in [0, 0.05) is 36.6 Å².